The number of rotatable bonds is 8. The van der Waals surface area contributed by atoms with Crippen molar-refractivity contribution in [2.24, 2.45) is 0 Å². The summed E-state index contributed by atoms with van der Waals surface area (Å²) in [4.78, 5) is 0. The number of benzene rings is 1. The Kier molecular flexibility index (Phi) is 6.58. The maximum absolute atomic E-state index is 5.31. The molecular weight excluding hydrogens is 226 g/mol. The molecule has 102 valence electrons. The van der Waals surface area contributed by atoms with Crippen LogP contribution in [0.5, 0.6) is 11.5 Å². The molecule has 0 amide bonds. The molecule has 18 heavy (non-hydrogen) atoms. The van der Waals surface area contributed by atoms with Crippen molar-refractivity contribution in [3.05, 3.63) is 23.8 Å². The topological polar surface area (TPSA) is 30.5 Å². The predicted molar refractivity (Wildman–Crippen MR) is 75.6 cm³/mol. The summed E-state index contributed by atoms with van der Waals surface area (Å²) in [6.07, 6.45) is 3.47. The van der Waals surface area contributed by atoms with E-state index in [-0.39, 0.29) is 0 Å². The van der Waals surface area contributed by atoms with Crippen molar-refractivity contribution in [1.82, 2.24) is 5.32 Å². The monoisotopic (exact) mass is 251 g/mol. The van der Waals surface area contributed by atoms with Crippen molar-refractivity contribution in [2.45, 2.75) is 39.2 Å². The van der Waals surface area contributed by atoms with Gasteiger partial charge in [0.25, 0.3) is 0 Å². The van der Waals surface area contributed by atoms with Crippen LogP contribution in [0.2, 0.25) is 0 Å². The van der Waals surface area contributed by atoms with Gasteiger partial charge in [-0.05, 0) is 44.0 Å². The molecule has 1 aromatic rings. The maximum Gasteiger partial charge on any atom is 0.160 e. The minimum atomic E-state index is 0.481. The van der Waals surface area contributed by atoms with Crippen LogP contribution in [-0.2, 0) is 6.42 Å². The van der Waals surface area contributed by atoms with E-state index in [4.69, 9.17) is 9.47 Å². The Bertz CT molecular complexity index is 352. The van der Waals surface area contributed by atoms with Gasteiger partial charge in [-0.3, -0.25) is 0 Å². The van der Waals surface area contributed by atoms with Crippen molar-refractivity contribution < 1.29 is 9.47 Å². The summed E-state index contributed by atoms with van der Waals surface area (Å²) >= 11 is 0. The summed E-state index contributed by atoms with van der Waals surface area (Å²) in [5, 5.41) is 3.53. The van der Waals surface area contributed by atoms with E-state index in [0.717, 1.165) is 24.5 Å². The number of methoxy groups -OCH3 is 2. The van der Waals surface area contributed by atoms with E-state index in [2.05, 4.69) is 31.3 Å². The Morgan fingerprint density at radius 1 is 1.17 bits per heavy atom. The van der Waals surface area contributed by atoms with Gasteiger partial charge in [-0.2, -0.15) is 0 Å². The quantitative estimate of drug-likeness (QED) is 0.720. The van der Waals surface area contributed by atoms with Crippen LogP contribution in [0.3, 0.4) is 0 Å². The van der Waals surface area contributed by atoms with Gasteiger partial charge in [0, 0.05) is 6.04 Å². The highest BCUT2D eigenvalue weighted by Crippen LogP contribution is 2.27. The van der Waals surface area contributed by atoms with Crippen molar-refractivity contribution in [1.29, 1.82) is 0 Å². The Morgan fingerprint density at radius 3 is 2.50 bits per heavy atom. The van der Waals surface area contributed by atoms with E-state index in [9.17, 15) is 0 Å². The molecule has 1 unspecified atom stereocenters. The van der Waals surface area contributed by atoms with E-state index in [1.54, 1.807) is 14.2 Å². The first kappa shape index (κ1) is 14.8. The molecule has 0 saturated carbocycles. The number of hydrogen-bond acceptors (Lipinski definition) is 3. The standard InChI is InChI=1S/C15H25NO2/c1-5-6-9-16-12(2)10-13-7-8-14(17-3)15(11-13)18-4/h7-8,11-12,16H,5-6,9-10H2,1-4H3. The molecule has 0 saturated heterocycles. The number of unbranched alkanes of at least 4 members (excludes halogenated alkanes) is 1. The fourth-order valence-electron chi connectivity index (χ4n) is 1.96. The van der Waals surface area contributed by atoms with Crippen LogP contribution in [0.1, 0.15) is 32.3 Å². The summed E-state index contributed by atoms with van der Waals surface area (Å²) < 4.78 is 10.5. The molecule has 0 bridgehead atoms. The Labute approximate surface area is 110 Å². The minimum Gasteiger partial charge on any atom is -0.493 e. The molecule has 1 N–H and O–H groups in total. The SMILES string of the molecule is CCCCNC(C)Cc1ccc(OC)c(OC)c1. The van der Waals surface area contributed by atoms with Crippen molar-refractivity contribution in [2.75, 3.05) is 20.8 Å². The largest absolute Gasteiger partial charge is 0.493 e. The van der Waals surface area contributed by atoms with Gasteiger partial charge in [-0.25, -0.2) is 0 Å². The van der Waals surface area contributed by atoms with Gasteiger partial charge in [-0.1, -0.05) is 19.4 Å². The third kappa shape index (κ3) is 4.57. The second-order valence-corrected chi connectivity index (χ2v) is 4.60. The van der Waals surface area contributed by atoms with Gasteiger partial charge < -0.3 is 14.8 Å². The van der Waals surface area contributed by atoms with E-state index in [0.29, 0.717) is 6.04 Å². The minimum absolute atomic E-state index is 0.481. The zero-order valence-corrected chi connectivity index (χ0v) is 12.0. The van der Waals surface area contributed by atoms with Crippen LogP contribution in [0.15, 0.2) is 18.2 Å². The lowest BCUT2D eigenvalue weighted by Gasteiger charge is -2.15. The first-order chi connectivity index (χ1) is 8.71. The molecule has 0 radical (unpaired) electrons. The molecule has 3 nitrogen and oxygen atoms in total. The molecular formula is C15H25NO2. The summed E-state index contributed by atoms with van der Waals surface area (Å²) in [5.41, 5.74) is 1.27. The Morgan fingerprint density at radius 2 is 1.89 bits per heavy atom. The van der Waals surface area contributed by atoms with E-state index >= 15 is 0 Å². The fourth-order valence-corrected chi connectivity index (χ4v) is 1.96. The average Bonchev–Trinajstić information content (AvgIpc) is 2.39. The highest BCUT2D eigenvalue weighted by atomic mass is 16.5. The highest BCUT2D eigenvalue weighted by molar-refractivity contribution is 5.43. The van der Waals surface area contributed by atoms with Crippen molar-refractivity contribution in [3.8, 4) is 11.5 Å². The molecule has 0 spiro atoms. The van der Waals surface area contributed by atoms with Crippen molar-refractivity contribution >= 4 is 0 Å². The number of ether oxygens (including phenoxy) is 2. The first-order valence-electron chi connectivity index (χ1n) is 6.65. The molecule has 0 aliphatic heterocycles. The molecule has 0 fully saturated rings. The second-order valence-electron chi connectivity index (χ2n) is 4.60. The van der Waals surface area contributed by atoms with Crippen LogP contribution >= 0.6 is 0 Å². The van der Waals surface area contributed by atoms with Gasteiger partial charge in [0.15, 0.2) is 11.5 Å². The zero-order chi connectivity index (χ0) is 13.4. The molecule has 1 atom stereocenters. The van der Waals surface area contributed by atoms with Crippen LogP contribution in [0.25, 0.3) is 0 Å². The van der Waals surface area contributed by atoms with E-state index in [1.807, 2.05) is 6.07 Å². The lowest BCUT2D eigenvalue weighted by Crippen LogP contribution is -2.28. The molecule has 0 heterocycles. The molecule has 0 aliphatic carbocycles. The van der Waals surface area contributed by atoms with Crippen molar-refractivity contribution in [3.63, 3.8) is 0 Å². The number of nitrogens with one attached hydrogen (secondary N) is 1. The Balaban J connectivity index is 2.56. The van der Waals surface area contributed by atoms with Crippen LogP contribution in [-0.4, -0.2) is 26.8 Å². The highest BCUT2D eigenvalue weighted by Gasteiger charge is 2.07. The fraction of sp³-hybridized carbons (Fsp3) is 0.600. The number of hydrogen-bond donors (Lipinski definition) is 1. The smallest absolute Gasteiger partial charge is 0.160 e. The summed E-state index contributed by atoms with van der Waals surface area (Å²) in [6.45, 7) is 5.51. The average molecular weight is 251 g/mol. The normalized spacial score (nSPS) is 12.2. The summed E-state index contributed by atoms with van der Waals surface area (Å²) in [5.74, 6) is 1.59. The molecule has 0 aliphatic rings. The first-order valence-corrected chi connectivity index (χ1v) is 6.65. The molecule has 1 rings (SSSR count). The third-order valence-electron chi connectivity index (χ3n) is 3.01. The van der Waals surface area contributed by atoms with Crippen LogP contribution in [0.4, 0.5) is 0 Å². The van der Waals surface area contributed by atoms with Crippen LogP contribution < -0.4 is 14.8 Å². The lowest BCUT2D eigenvalue weighted by molar-refractivity contribution is 0.354. The maximum atomic E-state index is 5.31. The molecule has 3 heteroatoms. The van der Waals surface area contributed by atoms with Crippen LogP contribution in [0, 0.1) is 0 Å². The zero-order valence-electron chi connectivity index (χ0n) is 12.0. The van der Waals surface area contributed by atoms with E-state index in [1.165, 1.54) is 18.4 Å². The summed E-state index contributed by atoms with van der Waals surface area (Å²) in [6, 6.07) is 6.60. The lowest BCUT2D eigenvalue weighted by atomic mass is 10.1. The van der Waals surface area contributed by atoms with Gasteiger partial charge in [0.05, 0.1) is 14.2 Å². The molecule has 0 aromatic heterocycles. The van der Waals surface area contributed by atoms with Gasteiger partial charge in [-0.15, -0.1) is 0 Å². The van der Waals surface area contributed by atoms with Gasteiger partial charge in [0.2, 0.25) is 0 Å². The Hall–Kier alpha value is -1.22. The summed E-state index contributed by atoms with van der Waals surface area (Å²) in [7, 11) is 3.33. The third-order valence-corrected chi connectivity index (χ3v) is 3.01. The molecule has 1 aromatic carbocycles. The predicted octanol–water partition coefficient (Wildman–Crippen LogP) is 3.02. The van der Waals surface area contributed by atoms with E-state index < -0.39 is 0 Å². The van der Waals surface area contributed by atoms with Gasteiger partial charge >= 0.3 is 0 Å². The van der Waals surface area contributed by atoms with Gasteiger partial charge in [0.1, 0.15) is 0 Å². The second kappa shape index (κ2) is 7.98.